The molecule has 0 radical (unpaired) electrons. The molecule has 0 rings (SSSR count). The summed E-state index contributed by atoms with van der Waals surface area (Å²) in [6.07, 6.45) is 3.57. The lowest BCUT2D eigenvalue weighted by atomic mass is 10.4. The van der Waals surface area contributed by atoms with Crippen LogP contribution in [-0.4, -0.2) is 17.7 Å². The standard InChI is InChI=1S/C4H7O5P.C4H10/c1-2-4(5)8-3-9-10(6)7;1-3-4-2/h2,10H,1,3H2,(H,6,7);3-4H2,1-2H3. The first-order valence-corrected chi connectivity index (χ1v) is 5.49. The quantitative estimate of drug-likeness (QED) is 0.334. The van der Waals surface area contributed by atoms with Gasteiger partial charge in [-0.25, -0.2) is 4.79 Å². The van der Waals surface area contributed by atoms with Crippen molar-refractivity contribution < 1.29 is 23.5 Å². The van der Waals surface area contributed by atoms with Crippen LogP contribution < -0.4 is 0 Å². The molecule has 0 bridgehead atoms. The zero-order chi connectivity index (χ0) is 11.4. The Kier molecular flexibility index (Phi) is 14.0. The van der Waals surface area contributed by atoms with Gasteiger partial charge in [-0.3, -0.25) is 9.09 Å². The highest BCUT2D eigenvalue weighted by atomic mass is 31.1. The fraction of sp³-hybridized carbons (Fsp3) is 0.625. The molecule has 84 valence electrons. The summed E-state index contributed by atoms with van der Waals surface area (Å²) in [5, 5.41) is 0. The van der Waals surface area contributed by atoms with E-state index in [4.69, 9.17) is 4.89 Å². The molecule has 5 nitrogen and oxygen atoms in total. The van der Waals surface area contributed by atoms with E-state index >= 15 is 0 Å². The highest BCUT2D eigenvalue weighted by Crippen LogP contribution is 2.13. The number of rotatable bonds is 5. The van der Waals surface area contributed by atoms with Gasteiger partial charge >= 0.3 is 14.2 Å². The molecular formula is C8H17O5P. The van der Waals surface area contributed by atoms with Gasteiger partial charge in [-0.05, 0) is 0 Å². The van der Waals surface area contributed by atoms with E-state index in [1.54, 1.807) is 0 Å². The molecule has 14 heavy (non-hydrogen) atoms. The second kappa shape index (κ2) is 12.4. The van der Waals surface area contributed by atoms with Crippen molar-refractivity contribution in [3.63, 3.8) is 0 Å². The molecule has 6 heteroatoms. The first-order chi connectivity index (χ1) is 6.58. The molecule has 0 saturated carbocycles. The third kappa shape index (κ3) is 17.4. The summed E-state index contributed by atoms with van der Waals surface area (Å²) < 4.78 is 18.0. The van der Waals surface area contributed by atoms with Gasteiger partial charge in [-0.2, -0.15) is 0 Å². The van der Waals surface area contributed by atoms with Gasteiger partial charge in [0.25, 0.3) is 0 Å². The van der Waals surface area contributed by atoms with E-state index in [2.05, 4.69) is 29.7 Å². The number of hydrogen-bond donors (Lipinski definition) is 1. The van der Waals surface area contributed by atoms with Crippen LogP contribution in [0.1, 0.15) is 26.7 Å². The van der Waals surface area contributed by atoms with E-state index in [9.17, 15) is 9.36 Å². The van der Waals surface area contributed by atoms with Crippen LogP contribution in [0.2, 0.25) is 0 Å². The highest BCUT2D eigenvalue weighted by Gasteiger charge is 1.95. The second-order valence-electron chi connectivity index (χ2n) is 2.20. The smallest absolute Gasteiger partial charge is 0.332 e. The van der Waals surface area contributed by atoms with Crippen molar-refractivity contribution >= 4 is 14.2 Å². The molecule has 0 saturated heterocycles. The van der Waals surface area contributed by atoms with Gasteiger partial charge in [-0.1, -0.05) is 33.3 Å². The average molecular weight is 224 g/mol. The van der Waals surface area contributed by atoms with Crippen LogP contribution in [0.5, 0.6) is 0 Å². The lowest BCUT2D eigenvalue weighted by Gasteiger charge is -1.98. The van der Waals surface area contributed by atoms with Crippen molar-refractivity contribution in [2.24, 2.45) is 0 Å². The van der Waals surface area contributed by atoms with Gasteiger partial charge in [0.2, 0.25) is 6.79 Å². The van der Waals surface area contributed by atoms with Crippen molar-refractivity contribution in [3.8, 4) is 0 Å². The number of carbonyl (C=O) groups excluding carboxylic acids is 1. The number of ether oxygens (including phenoxy) is 1. The van der Waals surface area contributed by atoms with Crippen LogP contribution in [0.15, 0.2) is 12.7 Å². The molecule has 0 aromatic carbocycles. The van der Waals surface area contributed by atoms with Gasteiger partial charge in [-0.15, -0.1) is 0 Å². The van der Waals surface area contributed by atoms with E-state index in [1.807, 2.05) is 0 Å². The minimum Gasteiger partial charge on any atom is -0.435 e. The number of hydrogen-bond acceptors (Lipinski definition) is 4. The third-order valence-corrected chi connectivity index (χ3v) is 1.42. The highest BCUT2D eigenvalue weighted by molar-refractivity contribution is 7.32. The fourth-order valence-corrected chi connectivity index (χ4v) is 0.357. The Balaban J connectivity index is 0. The van der Waals surface area contributed by atoms with Crippen LogP contribution in [0.4, 0.5) is 0 Å². The van der Waals surface area contributed by atoms with Crippen molar-refractivity contribution in [1.29, 1.82) is 0 Å². The van der Waals surface area contributed by atoms with Crippen LogP contribution >= 0.6 is 8.25 Å². The molecule has 0 aliphatic rings. The van der Waals surface area contributed by atoms with Gasteiger partial charge in [0, 0.05) is 6.08 Å². The average Bonchev–Trinajstić information content (AvgIpc) is 2.17. The van der Waals surface area contributed by atoms with Crippen molar-refractivity contribution in [2.45, 2.75) is 26.7 Å². The molecule has 0 aromatic rings. The first-order valence-electron chi connectivity index (χ1n) is 4.23. The summed E-state index contributed by atoms with van der Waals surface area (Å²) in [7, 11) is -3.00. The van der Waals surface area contributed by atoms with Crippen molar-refractivity contribution in [3.05, 3.63) is 12.7 Å². The van der Waals surface area contributed by atoms with Crippen LogP contribution in [0.25, 0.3) is 0 Å². The summed E-state index contributed by atoms with van der Waals surface area (Å²) in [6, 6.07) is 0. The van der Waals surface area contributed by atoms with Gasteiger partial charge in [0.05, 0.1) is 0 Å². The SMILES string of the molecule is C=CC(=O)OCO[PH](=O)O.CCCC. The minimum absolute atomic E-state index is 0.515. The Morgan fingerprint density at radius 3 is 2.29 bits per heavy atom. The molecule has 1 atom stereocenters. The molecule has 0 fully saturated rings. The first kappa shape index (κ1) is 15.8. The van der Waals surface area contributed by atoms with Gasteiger partial charge in [0.15, 0.2) is 0 Å². The maximum Gasteiger partial charge on any atom is 0.332 e. The Hall–Kier alpha value is -0.640. The van der Waals surface area contributed by atoms with Gasteiger partial charge in [0.1, 0.15) is 0 Å². The van der Waals surface area contributed by atoms with E-state index < -0.39 is 21.0 Å². The van der Waals surface area contributed by atoms with Crippen LogP contribution in [-0.2, 0) is 18.6 Å². The number of esters is 1. The molecule has 0 amide bonds. The number of carbonyl (C=O) groups is 1. The molecular weight excluding hydrogens is 207 g/mol. The molecule has 0 heterocycles. The fourth-order valence-electron chi connectivity index (χ4n) is 0.197. The van der Waals surface area contributed by atoms with E-state index in [-0.39, 0.29) is 0 Å². The number of unbranched alkanes of at least 4 members (excludes halogenated alkanes) is 1. The summed E-state index contributed by atoms with van der Waals surface area (Å²) in [5.41, 5.74) is 0. The Morgan fingerprint density at radius 1 is 1.50 bits per heavy atom. The molecule has 1 unspecified atom stereocenters. The summed E-state index contributed by atoms with van der Waals surface area (Å²) in [4.78, 5) is 18.2. The largest absolute Gasteiger partial charge is 0.435 e. The molecule has 0 aliphatic carbocycles. The summed E-state index contributed by atoms with van der Waals surface area (Å²) in [5.74, 6) is -0.691. The third-order valence-electron chi connectivity index (χ3n) is 1.05. The maximum absolute atomic E-state index is 10.2. The Morgan fingerprint density at radius 2 is 2.00 bits per heavy atom. The van der Waals surface area contributed by atoms with Crippen molar-refractivity contribution in [1.82, 2.24) is 0 Å². The molecule has 0 spiro atoms. The van der Waals surface area contributed by atoms with Crippen LogP contribution in [0, 0.1) is 0 Å². The molecule has 0 aliphatic heterocycles. The predicted molar refractivity (Wildman–Crippen MR) is 54.0 cm³/mol. The maximum atomic E-state index is 10.2. The Labute approximate surface area is 84.7 Å². The van der Waals surface area contributed by atoms with Crippen molar-refractivity contribution in [2.75, 3.05) is 6.79 Å². The molecule has 1 N–H and O–H groups in total. The van der Waals surface area contributed by atoms with E-state index in [1.165, 1.54) is 12.8 Å². The topological polar surface area (TPSA) is 72.8 Å². The predicted octanol–water partition coefficient (Wildman–Crippen LogP) is 1.88. The zero-order valence-electron chi connectivity index (χ0n) is 8.49. The lowest BCUT2D eigenvalue weighted by Crippen LogP contribution is -2.01. The normalized spacial score (nSPS) is 10.8. The molecule has 0 aromatic heterocycles. The van der Waals surface area contributed by atoms with E-state index in [0.717, 1.165) is 6.08 Å². The van der Waals surface area contributed by atoms with E-state index in [0.29, 0.717) is 0 Å². The monoisotopic (exact) mass is 224 g/mol. The lowest BCUT2D eigenvalue weighted by molar-refractivity contribution is -0.144. The van der Waals surface area contributed by atoms with Gasteiger partial charge < -0.3 is 9.63 Å². The Bertz CT molecular complexity index is 179. The van der Waals surface area contributed by atoms with Crippen LogP contribution in [0.3, 0.4) is 0 Å². The zero-order valence-corrected chi connectivity index (χ0v) is 9.49. The minimum atomic E-state index is -3.00. The second-order valence-corrected chi connectivity index (χ2v) is 3.02. The summed E-state index contributed by atoms with van der Waals surface area (Å²) in [6.45, 7) is 6.94. The summed E-state index contributed by atoms with van der Waals surface area (Å²) >= 11 is 0.